The van der Waals surface area contributed by atoms with Gasteiger partial charge in [0, 0.05) is 6.61 Å². The maximum atomic E-state index is 8.80. The van der Waals surface area contributed by atoms with E-state index in [2.05, 4.69) is 0 Å². The molecule has 0 rings (SSSR count). The fourth-order valence-electron chi connectivity index (χ4n) is 0.492. The number of hydrogen-bond donors (Lipinski definition) is 2. The zero-order valence-corrected chi connectivity index (χ0v) is 6.58. The molecule has 3 heteroatoms. The summed E-state index contributed by atoms with van der Waals surface area (Å²) in [4.78, 5) is 0. The topological polar surface area (TPSA) is 49.7 Å². The summed E-state index contributed by atoms with van der Waals surface area (Å²) in [5, 5.41) is 17.2. The van der Waals surface area contributed by atoms with E-state index in [9.17, 15) is 0 Å². The molecule has 3 nitrogen and oxygen atoms in total. The third-order valence-corrected chi connectivity index (χ3v) is 0.972. The van der Waals surface area contributed by atoms with Crippen molar-refractivity contribution < 1.29 is 14.9 Å². The number of ether oxygens (including phenoxy) is 1. The van der Waals surface area contributed by atoms with E-state index in [0.717, 1.165) is 0 Å². The van der Waals surface area contributed by atoms with E-state index in [0.29, 0.717) is 12.5 Å². The molecular formula is C7H16O3. The molecule has 0 spiro atoms. The molecule has 62 valence electrons. The maximum Gasteiger partial charge on any atom is 0.100 e. The van der Waals surface area contributed by atoms with Gasteiger partial charge in [0.05, 0.1) is 13.2 Å². The molecule has 2 N–H and O–H groups in total. The van der Waals surface area contributed by atoms with Gasteiger partial charge in [-0.25, -0.2) is 0 Å². The highest BCUT2D eigenvalue weighted by atomic mass is 16.5. The second kappa shape index (κ2) is 5.65. The van der Waals surface area contributed by atoms with Crippen LogP contribution in [-0.4, -0.2) is 36.1 Å². The average molecular weight is 148 g/mol. The summed E-state index contributed by atoms with van der Waals surface area (Å²) >= 11 is 0. The number of aliphatic hydroxyl groups excluding tert-OH is 2. The van der Waals surface area contributed by atoms with Crippen LogP contribution in [0, 0.1) is 5.92 Å². The number of rotatable bonds is 5. The second-order valence-electron chi connectivity index (χ2n) is 2.77. The summed E-state index contributed by atoms with van der Waals surface area (Å²) in [6.45, 7) is 4.71. The van der Waals surface area contributed by atoms with E-state index in [1.807, 2.05) is 13.8 Å². The zero-order valence-electron chi connectivity index (χ0n) is 6.58. The van der Waals surface area contributed by atoms with E-state index in [1.54, 1.807) is 0 Å². The third-order valence-electron chi connectivity index (χ3n) is 0.972. The predicted molar refractivity (Wildman–Crippen MR) is 38.7 cm³/mol. The Kier molecular flexibility index (Phi) is 5.58. The zero-order chi connectivity index (χ0) is 7.98. The monoisotopic (exact) mass is 148 g/mol. The SMILES string of the molecule is CC(C)COCC(O)CO. The summed E-state index contributed by atoms with van der Waals surface area (Å²) in [6, 6.07) is 0. The van der Waals surface area contributed by atoms with E-state index < -0.39 is 6.10 Å². The minimum Gasteiger partial charge on any atom is -0.394 e. The molecule has 1 atom stereocenters. The molecule has 0 heterocycles. The van der Waals surface area contributed by atoms with E-state index in [1.165, 1.54) is 0 Å². The summed E-state index contributed by atoms with van der Waals surface area (Å²) < 4.78 is 5.04. The van der Waals surface area contributed by atoms with Crippen LogP contribution in [0.25, 0.3) is 0 Å². The average Bonchev–Trinajstić information content (AvgIpc) is 1.87. The molecule has 0 aliphatic carbocycles. The molecular weight excluding hydrogens is 132 g/mol. The van der Waals surface area contributed by atoms with Crippen LogP contribution in [0.3, 0.4) is 0 Å². The van der Waals surface area contributed by atoms with Crippen LogP contribution in [-0.2, 0) is 4.74 Å². The molecule has 0 aliphatic rings. The van der Waals surface area contributed by atoms with Crippen LogP contribution < -0.4 is 0 Å². The van der Waals surface area contributed by atoms with Crippen molar-refractivity contribution in [2.45, 2.75) is 20.0 Å². The van der Waals surface area contributed by atoms with Crippen LogP contribution in [0.2, 0.25) is 0 Å². The standard InChI is InChI=1S/C7H16O3/c1-6(2)4-10-5-7(9)3-8/h6-9H,3-5H2,1-2H3. The molecule has 0 aromatic rings. The van der Waals surface area contributed by atoms with Gasteiger partial charge in [-0.3, -0.25) is 0 Å². The minimum absolute atomic E-state index is 0.224. The molecule has 0 bridgehead atoms. The van der Waals surface area contributed by atoms with E-state index >= 15 is 0 Å². The van der Waals surface area contributed by atoms with Crippen LogP contribution >= 0.6 is 0 Å². The van der Waals surface area contributed by atoms with E-state index in [-0.39, 0.29) is 13.2 Å². The quantitative estimate of drug-likeness (QED) is 0.577. The highest BCUT2D eigenvalue weighted by Gasteiger charge is 2.01. The lowest BCUT2D eigenvalue weighted by atomic mass is 10.2. The highest BCUT2D eigenvalue weighted by molar-refractivity contribution is 4.49. The Hall–Kier alpha value is -0.120. The molecule has 0 aliphatic heterocycles. The predicted octanol–water partition coefficient (Wildman–Crippen LogP) is 0.0122. The Bertz CT molecular complexity index is 73.3. The molecule has 0 radical (unpaired) electrons. The summed E-state index contributed by atoms with van der Waals surface area (Å²) in [7, 11) is 0. The van der Waals surface area contributed by atoms with Crippen molar-refractivity contribution in [2.24, 2.45) is 5.92 Å². The first-order chi connectivity index (χ1) is 4.66. The van der Waals surface area contributed by atoms with E-state index in [4.69, 9.17) is 14.9 Å². The summed E-state index contributed by atoms with van der Waals surface area (Å²) in [6.07, 6.45) is -0.723. The lowest BCUT2D eigenvalue weighted by molar-refractivity contribution is -0.00132. The lowest BCUT2D eigenvalue weighted by Gasteiger charge is -2.09. The van der Waals surface area contributed by atoms with Gasteiger partial charge >= 0.3 is 0 Å². The first-order valence-corrected chi connectivity index (χ1v) is 3.53. The van der Waals surface area contributed by atoms with Gasteiger partial charge in [0.2, 0.25) is 0 Å². The van der Waals surface area contributed by atoms with Crippen LogP contribution in [0.15, 0.2) is 0 Å². The van der Waals surface area contributed by atoms with Gasteiger partial charge in [-0.1, -0.05) is 13.8 Å². The van der Waals surface area contributed by atoms with Crippen LogP contribution in [0.4, 0.5) is 0 Å². The van der Waals surface area contributed by atoms with Crippen molar-refractivity contribution in [3.8, 4) is 0 Å². The van der Waals surface area contributed by atoms with Crippen molar-refractivity contribution in [2.75, 3.05) is 19.8 Å². The van der Waals surface area contributed by atoms with Gasteiger partial charge in [-0.15, -0.1) is 0 Å². The molecule has 0 fully saturated rings. The van der Waals surface area contributed by atoms with Crippen molar-refractivity contribution >= 4 is 0 Å². The lowest BCUT2D eigenvalue weighted by Crippen LogP contribution is -2.20. The van der Waals surface area contributed by atoms with Gasteiger partial charge in [-0.2, -0.15) is 0 Å². The molecule has 10 heavy (non-hydrogen) atoms. The first-order valence-electron chi connectivity index (χ1n) is 3.53. The molecule has 0 saturated carbocycles. The van der Waals surface area contributed by atoms with Crippen molar-refractivity contribution in [3.05, 3.63) is 0 Å². The molecule has 1 unspecified atom stereocenters. The Balaban J connectivity index is 3.03. The van der Waals surface area contributed by atoms with Gasteiger partial charge in [0.25, 0.3) is 0 Å². The van der Waals surface area contributed by atoms with Gasteiger partial charge in [0.1, 0.15) is 6.10 Å². The Morgan fingerprint density at radius 3 is 2.30 bits per heavy atom. The fourth-order valence-corrected chi connectivity index (χ4v) is 0.492. The molecule has 0 aromatic carbocycles. The van der Waals surface area contributed by atoms with Crippen molar-refractivity contribution in [1.29, 1.82) is 0 Å². The Morgan fingerprint density at radius 1 is 1.30 bits per heavy atom. The second-order valence-corrected chi connectivity index (χ2v) is 2.77. The van der Waals surface area contributed by atoms with Crippen molar-refractivity contribution in [1.82, 2.24) is 0 Å². The molecule has 0 amide bonds. The van der Waals surface area contributed by atoms with Crippen LogP contribution in [0.1, 0.15) is 13.8 Å². The molecule has 0 saturated heterocycles. The Labute approximate surface area is 61.6 Å². The smallest absolute Gasteiger partial charge is 0.100 e. The summed E-state index contributed by atoms with van der Waals surface area (Å²) in [5.41, 5.74) is 0. The highest BCUT2D eigenvalue weighted by Crippen LogP contribution is 1.93. The maximum absolute atomic E-state index is 8.80. The van der Waals surface area contributed by atoms with Crippen LogP contribution in [0.5, 0.6) is 0 Å². The van der Waals surface area contributed by atoms with Gasteiger partial charge in [0.15, 0.2) is 0 Å². The fraction of sp³-hybridized carbons (Fsp3) is 1.00. The largest absolute Gasteiger partial charge is 0.394 e. The van der Waals surface area contributed by atoms with Gasteiger partial charge in [-0.05, 0) is 5.92 Å². The number of aliphatic hydroxyl groups is 2. The van der Waals surface area contributed by atoms with Gasteiger partial charge < -0.3 is 14.9 Å². The minimum atomic E-state index is -0.723. The normalized spacial score (nSPS) is 14.1. The van der Waals surface area contributed by atoms with Crippen molar-refractivity contribution in [3.63, 3.8) is 0 Å². The number of hydrogen-bond acceptors (Lipinski definition) is 3. The Morgan fingerprint density at radius 2 is 1.90 bits per heavy atom. The third kappa shape index (κ3) is 6.01. The molecule has 0 aromatic heterocycles. The first kappa shape index (κ1) is 9.88. The summed E-state index contributed by atoms with van der Waals surface area (Å²) in [5.74, 6) is 0.478.